The molecule has 5 heteroatoms. The van der Waals surface area contributed by atoms with Crippen LogP contribution in [0.2, 0.25) is 0 Å². The normalized spacial score (nSPS) is 10.8. The van der Waals surface area contributed by atoms with Gasteiger partial charge in [-0.3, -0.25) is 4.90 Å². The van der Waals surface area contributed by atoms with Gasteiger partial charge in [0.2, 0.25) is 0 Å². The van der Waals surface area contributed by atoms with Crippen molar-refractivity contribution in [3.8, 4) is 0 Å². The van der Waals surface area contributed by atoms with E-state index < -0.39 is 0 Å². The summed E-state index contributed by atoms with van der Waals surface area (Å²) in [6.45, 7) is 2.83. The summed E-state index contributed by atoms with van der Waals surface area (Å²) in [4.78, 5) is 6.55. The number of halogens is 1. The molecule has 96 valence electrons. The van der Waals surface area contributed by atoms with Crippen LogP contribution in [0.5, 0.6) is 0 Å². The number of hydrogen-bond acceptors (Lipinski definition) is 4. The molecule has 0 unspecified atom stereocenters. The third-order valence-electron chi connectivity index (χ3n) is 2.58. The molecule has 3 nitrogen and oxygen atoms in total. The molecule has 0 amide bonds. The maximum Gasteiger partial charge on any atom is 0.0795 e. The highest BCUT2D eigenvalue weighted by molar-refractivity contribution is 9.10. The minimum Gasteiger partial charge on any atom is -0.384 e. The predicted octanol–water partition coefficient (Wildman–Crippen LogP) is 3.45. The van der Waals surface area contributed by atoms with Crippen LogP contribution >= 0.6 is 27.3 Å². The van der Waals surface area contributed by atoms with Gasteiger partial charge >= 0.3 is 0 Å². The molecule has 2 aromatic rings. The second-order valence-corrected chi connectivity index (χ2v) is 5.79. The van der Waals surface area contributed by atoms with E-state index >= 15 is 0 Å². The van der Waals surface area contributed by atoms with Crippen LogP contribution in [0.25, 0.3) is 0 Å². The highest BCUT2D eigenvalue weighted by atomic mass is 79.9. The lowest BCUT2D eigenvalue weighted by Crippen LogP contribution is -2.24. The molecule has 0 fully saturated rings. The van der Waals surface area contributed by atoms with Crippen LogP contribution in [0.4, 0.5) is 5.69 Å². The largest absolute Gasteiger partial charge is 0.384 e. The van der Waals surface area contributed by atoms with Crippen molar-refractivity contribution < 1.29 is 0 Å². The number of anilines is 1. The van der Waals surface area contributed by atoms with Crippen LogP contribution in [0.15, 0.2) is 39.6 Å². The smallest absolute Gasteiger partial charge is 0.0795 e. The lowest BCUT2D eigenvalue weighted by atomic mass is 10.3. The first-order valence-corrected chi connectivity index (χ1v) is 7.52. The third-order valence-corrected chi connectivity index (χ3v) is 3.75. The molecule has 0 spiro atoms. The van der Waals surface area contributed by atoms with Crippen molar-refractivity contribution in [2.24, 2.45) is 0 Å². The average Bonchev–Trinajstić information content (AvgIpc) is 2.84. The van der Waals surface area contributed by atoms with E-state index in [2.05, 4.69) is 55.7 Å². The number of aromatic nitrogens is 1. The Bertz CT molecular complexity index is 456. The summed E-state index contributed by atoms with van der Waals surface area (Å²) in [5.74, 6) is 0. The standard InChI is InChI=1S/C13H16BrN3S/c1-17(8-13-9-18-10-16-13)7-6-15-12-4-2-11(14)3-5-12/h2-5,9-10,15H,6-8H2,1H3. The summed E-state index contributed by atoms with van der Waals surface area (Å²) in [5, 5.41) is 5.50. The molecule has 0 aliphatic carbocycles. The van der Waals surface area contributed by atoms with Gasteiger partial charge in [0.05, 0.1) is 11.2 Å². The van der Waals surface area contributed by atoms with Crippen LogP contribution < -0.4 is 5.32 Å². The van der Waals surface area contributed by atoms with E-state index in [0.29, 0.717) is 0 Å². The highest BCUT2D eigenvalue weighted by Gasteiger charge is 2.01. The lowest BCUT2D eigenvalue weighted by molar-refractivity contribution is 0.336. The van der Waals surface area contributed by atoms with E-state index in [1.807, 2.05) is 17.6 Å². The molecule has 2 rings (SSSR count). The summed E-state index contributed by atoms with van der Waals surface area (Å²) >= 11 is 5.07. The Morgan fingerprint density at radius 3 is 2.78 bits per heavy atom. The van der Waals surface area contributed by atoms with Crippen molar-refractivity contribution in [1.82, 2.24) is 9.88 Å². The minimum atomic E-state index is 0.908. The van der Waals surface area contributed by atoms with Crippen LogP contribution in [0.1, 0.15) is 5.69 Å². The zero-order chi connectivity index (χ0) is 12.8. The molecule has 1 aromatic carbocycles. The van der Waals surface area contributed by atoms with E-state index in [1.165, 1.54) is 0 Å². The Labute approximate surface area is 120 Å². The van der Waals surface area contributed by atoms with Crippen LogP contribution in [-0.2, 0) is 6.54 Å². The molecular weight excluding hydrogens is 310 g/mol. The van der Waals surface area contributed by atoms with Gasteiger partial charge in [-0.2, -0.15) is 0 Å². The Balaban J connectivity index is 1.70. The molecule has 1 heterocycles. The number of rotatable bonds is 6. The van der Waals surface area contributed by atoms with Gasteiger partial charge in [-0.25, -0.2) is 4.98 Å². The minimum absolute atomic E-state index is 0.908. The number of likely N-dealkylation sites (N-methyl/N-ethyl adjacent to an activating group) is 1. The molecule has 0 saturated heterocycles. The molecular formula is C13H16BrN3S. The first-order chi connectivity index (χ1) is 8.74. The summed E-state index contributed by atoms with van der Waals surface area (Å²) in [6.07, 6.45) is 0. The van der Waals surface area contributed by atoms with Gasteiger partial charge in [0.15, 0.2) is 0 Å². The second kappa shape index (κ2) is 6.87. The van der Waals surface area contributed by atoms with Crippen molar-refractivity contribution in [2.45, 2.75) is 6.54 Å². The topological polar surface area (TPSA) is 28.2 Å². The van der Waals surface area contributed by atoms with E-state index in [0.717, 1.165) is 35.5 Å². The number of nitrogens with one attached hydrogen (secondary N) is 1. The molecule has 0 bridgehead atoms. The summed E-state index contributed by atoms with van der Waals surface area (Å²) in [7, 11) is 2.11. The number of thiazole rings is 1. The monoisotopic (exact) mass is 325 g/mol. The Kier molecular flexibility index (Phi) is 5.16. The first kappa shape index (κ1) is 13.5. The zero-order valence-electron chi connectivity index (χ0n) is 10.3. The van der Waals surface area contributed by atoms with Gasteiger partial charge in [0, 0.05) is 35.2 Å². The average molecular weight is 326 g/mol. The van der Waals surface area contributed by atoms with E-state index in [9.17, 15) is 0 Å². The van der Waals surface area contributed by atoms with Crippen molar-refractivity contribution in [1.29, 1.82) is 0 Å². The van der Waals surface area contributed by atoms with Crippen LogP contribution in [0.3, 0.4) is 0 Å². The van der Waals surface area contributed by atoms with E-state index in [-0.39, 0.29) is 0 Å². The third kappa shape index (κ3) is 4.40. The maximum atomic E-state index is 4.28. The SMILES string of the molecule is CN(CCNc1ccc(Br)cc1)Cc1cscn1. The Hall–Kier alpha value is -0.910. The van der Waals surface area contributed by atoms with Crippen LogP contribution in [0, 0.1) is 0 Å². The maximum absolute atomic E-state index is 4.28. The first-order valence-electron chi connectivity index (χ1n) is 5.79. The summed E-state index contributed by atoms with van der Waals surface area (Å²) < 4.78 is 1.11. The number of hydrogen-bond donors (Lipinski definition) is 1. The molecule has 0 atom stereocenters. The number of nitrogens with zero attached hydrogens (tertiary/aromatic N) is 2. The van der Waals surface area contributed by atoms with Crippen molar-refractivity contribution >= 4 is 33.0 Å². The Morgan fingerprint density at radius 1 is 1.33 bits per heavy atom. The molecule has 1 aromatic heterocycles. The second-order valence-electron chi connectivity index (χ2n) is 4.15. The highest BCUT2D eigenvalue weighted by Crippen LogP contribution is 2.13. The van der Waals surface area contributed by atoms with Gasteiger partial charge in [-0.05, 0) is 31.3 Å². The van der Waals surface area contributed by atoms with Gasteiger partial charge in [-0.15, -0.1) is 11.3 Å². The fraction of sp³-hybridized carbons (Fsp3) is 0.308. The fourth-order valence-corrected chi connectivity index (χ4v) is 2.44. The molecule has 18 heavy (non-hydrogen) atoms. The fourth-order valence-electron chi connectivity index (χ4n) is 1.63. The van der Waals surface area contributed by atoms with Crippen molar-refractivity contribution in [3.63, 3.8) is 0 Å². The molecule has 0 aliphatic heterocycles. The van der Waals surface area contributed by atoms with Crippen LogP contribution in [-0.4, -0.2) is 30.0 Å². The Morgan fingerprint density at radius 2 is 2.11 bits per heavy atom. The molecule has 0 radical (unpaired) electrons. The molecule has 0 aliphatic rings. The van der Waals surface area contributed by atoms with E-state index in [4.69, 9.17) is 0 Å². The van der Waals surface area contributed by atoms with Gasteiger partial charge in [0.25, 0.3) is 0 Å². The van der Waals surface area contributed by atoms with Crippen molar-refractivity contribution in [2.75, 3.05) is 25.5 Å². The molecule has 1 N–H and O–H groups in total. The van der Waals surface area contributed by atoms with E-state index in [1.54, 1.807) is 11.3 Å². The zero-order valence-corrected chi connectivity index (χ0v) is 12.7. The van der Waals surface area contributed by atoms with Gasteiger partial charge in [-0.1, -0.05) is 15.9 Å². The quantitative estimate of drug-likeness (QED) is 0.881. The van der Waals surface area contributed by atoms with Gasteiger partial charge < -0.3 is 5.32 Å². The predicted molar refractivity (Wildman–Crippen MR) is 81.1 cm³/mol. The summed E-state index contributed by atoms with van der Waals surface area (Å²) in [5.41, 5.74) is 4.18. The lowest BCUT2D eigenvalue weighted by Gasteiger charge is -2.16. The number of benzene rings is 1. The van der Waals surface area contributed by atoms with Crippen molar-refractivity contribution in [3.05, 3.63) is 45.3 Å². The molecule has 0 saturated carbocycles. The van der Waals surface area contributed by atoms with Gasteiger partial charge in [0.1, 0.15) is 0 Å². The summed E-state index contributed by atoms with van der Waals surface area (Å²) in [6, 6.07) is 8.23.